The smallest absolute Gasteiger partial charge is 0.305 e. The van der Waals surface area contributed by atoms with Crippen LogP contribution >= 0.6 is 0 Å². The van der Waals surface area contributed by atoms with Crippen molar-refractivity contribution in [3.05, 3.63) is 82.9 Å². The number of nitrogens with one attached hydrogen (secondary N) is 1. The lowest BCUT2D eigenvalue weighted by molar-refractivity contribution is 0.222. The molecule has 0 spiro atoms. The van der Waals surface area contributed by atoms with Crippen molar-refractivity contribution >= 4 is 41.9 Å². The van der Waals surface area contributed by atoms with E-state index in [2.05, 4.69) is 14.9 Å². The number of hydrogen-bond acceptors (Lipinski definition) is 7. The fourth-order valence-electron chi connectivity index (χ4n) is 5.48. The number of pyridine rings is 1. The molecule has 1 aliphatic heterocycles. The molecule has 2 aromatic carbocycles. The molecule has 0 radical (unpaired) electrons. The lowest BCUT2D eigenvalue weighted by Crippen LogP contribution is -2.38. The molecule has 1 N–H and O–H groups in total. The maximum absolute atomic E-state index is 13.9. The number of piperidine rings is 1. The van der Waals surface area contributed by atoms with Crippen LogP contribution in [0.2, 0.25) is 0 Å². The molecule has 1 aliphatic rings. The number of benzene rings is 2. The molecule has 208 valence electrons. The van der Waals surface area contributed by atoms with E-state index in [9.17, 15) is 21.6 Å². The maximum Gasteiger partial charge on any atom is 0.326 e. The number of rotatable bonds is 6. The van der Waals surface area contributed by atoms with E-state index in [0.29, 0.717) is 60.2 Å². The van der Waals surface area contributed by atoms with E-state index in [1.807, 2.05) is 24.3 Å². The van der Waals surface area contributed by atoms with Crippen LogP contribution in [0.3, 0.4) is 0 Å². The van der Waals surface area contributed by atoms with Crippen molar-refractivity contribution in [2.45, 2.75) is 29.5 Å². The second-order valence-corrected chi connectivity index (χ2v) is 14.5. The van der Waals surface area contributed by atoms with Crippen molar-refractivity contribution < 1.29 is 16.8 Å². The predicted molar refractivity (Wildman–Crippen MR) is 154 cm³/mol. The Morgan fingerprint density at radius 1 is 0.975 bits per heavy atom. The Balaban J connectivity index is 1.41. The zero-order chi connectivity index (χ0) is 28.2. The van der Waals surface area contributed by atoms with E-state index in [1.165, 1.54) is 21.0 Å². The Labute approximate surface area is 231 Å². The van der Waals surface area contributed by atoms with Crippen LogP contribution in [0.5, 0.6) is 0 Å². The number of fused-ring (bicyclic) bond motifs is 3. The van der Waals surface area contributed by atoms with E-state index in [4.69, 9.17) is 0 Å². The van der Waals surface area contributed by atoms with Gasteiger partial charge in [0.2, 0.25) is 0 Å². The number of imidazole rings is 1. The van der Waals surface area contributed by atoms with Gasteiger partial charge in [-0.25, -0.2) is 30.6 Å². The van der Waals surface area contributed by atoms with Crippen molar-refractivity contribution in [3.8, 4) is 11.3 Å². The number of H-pyrrole nitrogens is 1. The van der Waals surface area contributed by atoms with Crippen molar-refractivity contribution in [1.29, 1.82) is 0 Å². The minimum absolute atomic E-state index is 0.131. The summed E-state index contributed by atoms with van der Waals surface area (Å²) in [5, 5.41) is 0.252. The van der Waals surface area contributed by atoms with Crippen molar-refractivity contribution in [2.75, 3.05) is 19.3 Å². The van der Waals surface area contributed by atoms with Gasteiger partial charge in [-0.1, -0.05) is 42.5 Å². The quantitative estimate of drug-likeness (QED) is 0.327. The van der Waals surface area contributed by atoms with Gasteiger partial charge in [0.1, 0.15) is 9.84 Å². The molecular weight excluding hydrogens is 550 g/mol. The van der Waals surface area contributed by atoms with Crippen LogP contribution < -0.4 is 5.69 Å². The molecule has 1 saturated heterocycles. The fourth-order valence-corrected chi connectivity index (χ4v) is 8.05. The van der Waals surface area contributed by atoms with Crippen LogP contribution in [-0.2, 0) is 33.5 Å². The van der Waals surface area contributed by atoms with Gasteiger partial charge in [-0.15, -0.1) is 0 Å². The van der Waals surface area contributed by atoms with Gasteiger partial charge in [0, 0.05) is 25.2 Å². The third kappa shape index (κ3) is 4.55. The van der Waals surface area contributed by atoms with E-state index in [0.717, 1.165) is 5.56 Å². The Morgan fingerprint density at radius 3 is 2.30 bits per heavy atom. The second-order valence-electron chi connectivity index (χ2n) is 10.4. The average molecular weight is 580 g/mol. The van der Waals surface area contributed by atoms with Crippen molar-refractivity contribution in [2.24, 2.45) is 7.05 Å². The molecule has 12 heteroatoms. The van der Waals surface area contributed by atoms with Crippen molar-refractivity contribution in [3.63, 3.8) is 0 Å². The zero-order valence-corrected chi connectivity index (χ0v) is 23.7. The first-order chi connectivity index (χ1) is 19.0. The van der Waals surface area contributed by atoms with Gasteiger partial charge in [-0.05, 0) is 55.3 Å². The fraction of sp³-hybridized carbons (Fsp3) is 0.286. The Hall–Kier alpha value is -3.74. The summed E-state index contributed by atoms with van der Waals surface area (Å²) in [4.78, 5) is 22.0. The highest BCUT2D eigenvalue weighted by Gasteiger charge is 2.28. The zero-order valence-electron chi connectivity index (χ0n) is 22.1. The highest BCUT2D eigenvalue weighted by atomic mass is 32.2. The van der Waals surface area contributed by atoms with E-state index >= 15 is 0 Å². The number of hydrogen-bond donors (Lipinski definition) is 1. The molecule has 40 heavy (non-hydrogen) atoms. The van der Waals surface area contributed by atoms with Crippen LogP contribution in [0.4, 0.5) is 0 Å². The Morgan fingerprint density at radius 2 is 1.65 bits per heavy atom. The largest absolute Gasteiger partial charge is 0.326 e. The van der Waals surface area contributed by atoms with Gasteiger partial charge < -0.3 is 4.98 Å². The summed E-state index contributed by atoms with van der Waals surface area (Å²) in [6.07, 6.45) is 4.06. The lowest BCUT2D eigenvalue weighted by Gasteiger charge is -2.31. The van der Waals surface area contributed by atoms with Crippen LogP contribution in [0.25, 0.3) is 33.3 Å². The topological polar surface area (TPSA) is 127 Å². The first-order valence-electron chi connectivity index (χ1n) is 12.9. The van der Waals surface area contributed by atoms with Crippen LogP contribution in [-0.4, -0.2) is 64.8 Å². The number of nitrogens with zero attached hydrogens (tertiary/aromatic N) is 4. The molecule has 0 unspecified atom stereocenters. The Bertz CT molecular complexity index is 2000. The number of sulfone groups is 1. The molecule has 10 nitrogen and oxygen atoms in total. The van der Waals surface area contributed by atoms with Crippen LogP contribution in [0, 0.1) is 0 Å². The van der Waals surface area contributed by atoms with Gasteiger partial charge in [-0.2, -0.15) is 0 Å². The second kappa shape index (κ2) is 9.72. The van der Waals surface area contributed by atoms with Gasteiger partial charge in [0.05, 0.1) is 33.1 Å². The van der Waals surface area contributed by atoms with E-state index in [1.54, 1.807) is 43.4 Å². The summed E-state index contributed by atoms with van der Waals surface area (Å²) in [6, 6.07) is 17.6. The van der Waals surface area contributed by atoms with Crippen LogP contribution in [0.15, 0.2) is 76.6 Å². The highest BCUT2D eigenvalue weighted by molar-refractivity contribution is 7.91. The Kier molecular flexibility index (Phi) is 6.43. The third-order valence-corrected chi connectivity index (χ3v) is 11.1. The van der Waals surface area contributed by atoms with Crippen molar-refractivity contribution in [1.82, 2.24) is 23.4 Å². The summed E-state index contributed by atoms with van der Waals surface area (Å²) >= 11 is 0. The summed E-state index contributed by atoms with van der Waals surface area (Å²) in [5.74, 6) is 0. The maximum atomic E-state index is 13.9. The van der Waals surface area contributed by atoms with Crippen LogP contribution in [0.1, 0.15) is 18.4 Å². The molecule has 5 aromatic rings. The standard InChI is InChI=1S/C28H29N5O5S2/c1-31-25-17-29-27-23(26(25)30-28(31)34)16-24(33(27)40(37,38)22-6-4-3-5-7-22)20-10-8-19(9-11-20)18-32-14-12-21(13-15-32)39(2,35)36/h3-11,16-17,21H,12-15,18H2,1-2H3,(H,30,34). The monoisotopic (exact) mass is 579 g/mol. The molecule has 6 rings (SSSR count). The molecule has 0 bridgehead atoms. The number of aromatic nitrogens is 4. The summed E-state index contributed by atoms with van der Waals surface area (Å²) < 4.78 is 54.3. The molecule has 1 fully saturated rings. The predicted octanol–water partition coefficient (Wildman–Crippen LogP) is 3.13. The van der Waals surface area contributed by atoms with Gasteiger partial charge >= 0.3 is 5.69 Å². The first-order valence-corrected chi connectivity index (χ1v) is 16.3. The summed E-state index contributed by atoms with van der Waals surface area (Å²) in [7, 11) is -5.42. The van der Waals surface area contributed by atoms with Gasteiger partial charge in [0.15, 0.2) is 5.65 Å². The first kappa shape index (κ1) is 26.5. The normalized spacial score (nSPS) is 15.8. The number of aryl methyl sites for hydroxylation is 1. The molecule has 3 aromatic heterocycles. The van der Waals surface area contributed by atoms with E-state index < -0.39 is 19.9 Å². The summed E-state index contributed by atoms with van der Waals surface area (Å²) in [5.41, 5.74) is 3.18. The minimum Gasteiger partial charge on any atom is -0.305 e. The third-order valence-electron chi connectivity index (χ3n) is 7.74. The molecule has 0 saturated carbocycles. The minimum atomic E-state index is -4.03. The summed E-state index contributed by atoms with van der Waals surface area (Å²) in [6.45, 7) is 2.09. The van der Waals surface area contributed by atoms with Gasteiger partial charge in [0.25, 0.3) is 10.0 Å². The molecule has 0 atom stereocenters. The molecule has 0 aliphatic carbocycles. The molecular formula is C28H29N5O5S2. The molecule has 4 heterocycles. The molecule has 0 amide bonds. The SMILES string of the molecule is Cn1c(=O)[nH]c2c3cc(-c4ccc(CN5CCC(S(C)(=O)=O)CC5)cc4)n(S(=O)(=O)c4ccccc4)c3ncc21. The van der Waals surface area contributed by atoms with Gasteiger partial charge in [-0.3, -0.25) is 9.47 Å². The lowest BCUT2D eigenvalue weighted by atomic mass is 10.1. The number of aromatic amines is 1. The highest BCUT2D eigenvalue weighted by Crippen LogP contribution is 2.34. The van der Waals surface area contributed by atoms with E-state index in [-0.39, 0.29) is 21.5 Å². The number of likely N-dealkylation sites (tertiary alicyclic amines) is 1. The average Bonchev–Trinajstić information content (AvgIpc) is 3.47.